The third kappa shape index (κ3) is 3.73. The molecule has 0 radical (unpaired) electrons. The Hall–Kier alpha value is -2.11. The van der Waals surface area contributed by atoms with Crippen molar-refractivity contribution in [2.45, 2.75) is 13.8 Å². The maximum Gasteiger partial charge on any atom is 0.294 e. The Morgan fingerprint density at radius 3 is 2.67 bits per heavy atom. The Morgan fingerprint density at radius 2 is 2.06 bits per heavy atom. The molecule has 0 bridgehead atoms. The molecule has 0 aliphatic carbocycles. The van der Waals surface area contributed by atoms with Gasteiger partial charge in [0.25, 0.3) is 6.47 Å². The van der Waals surface area contributed by atoms with Gasteiger partial charge in [0.1, 0.15) is 5.75 Å². The summed E-state index contributed by atoms with van der Waals surface area (Å²) in [6.45, 7) is 4.31. The number of rotatable bonds is 6. The summed E-state index contributed by atoms with van der Waals surface area (Å²) in [6.07, 6.45) is 0. The van der Waals surface area contributed by atoms with Crippen LogP contribution >= 0.6 is 0 Å². The van der Waals surface area contributed by atoms with E-state index in [1.165, 1.54) is 5.01 Å². The van der Waals surface area contributed by atoms with Gasteiger partial charge in [-0.15, -0.1) is 5.11 Å². The van der Waals surface area contributed by atoms with E-state index in [9.17, 15) is 4.79 Å². The molecule has 0 aliphatic rings. The van der Waals surface area contributed by atoms with E-state index in [4.69, 9.17) is 4.74 Å². The van der Waals surface area contributed by atoms with Crippen molar-refractivity contribution in [2.75, 3.05) is 20.9 Å². The number of aryl methyl sites for hydroxylation is 2. The molecular formula is C12H17N3O3. The van der Waals surface area contributed by atoms with E-state index in [-0.39, 0.29) is 6.73 Å². The lowest BCUT2D eigenvalue weighted by Gasteiger charge is -2.10. The Bertz CT molecular complexity index is 446. The maximum atomic E-state index is 10.0. The van der Waals surface area contributed by atoms with E-state index in [0.29, 0.717) is 6.47 Å². The van der Waals surface area contributed by atoms with Crippen LogP contribution in [0.5, 0.6) is 5.75 Å². The highest BCUT2D eigenvalue weighted by atomic mass is 16.5. The zero-order valence-corrected chi connectivity index (χ0v) is 11.0. The summed E-state index contributed by atoms with van der Waals surface area (Å²) in [7, 11) is 3.30. The fourth-order valence-corrected chi connectivity index (χ4v) is 1.39. The van der Waals surface area contributed by atoms with Crippen LogP contribution in [-0.2, 0) is 9.53 Å². The summed E-state index contributed by atoms with van der Waals surface area (Å²) in [6, 6.07) is 3.80. The van der Waals surface area contributed by atoms with Crippen LogP contribution < -0.4 is 4.74 Å². The molecule has 0 saturated heterocycles. The highest BCUT2D eigenvalue weighted by molar-refractivity contribution is 5.52. The Morgan fingerprint density at radius 1 is 1.33 bits per heavy atom. The number of methoxy groups -OCH3 is 1. The molecular weight excluding hydrogens is 234 g/mol. The van der Waals surface area contributed by atoms with Crippen molar-refractivity contribution in [1.82, 2.24) is 5.01 Å². The van der Waals surface area contributed by atoms with Crippen molar-refractivity contribution < 1.29 is 14.3 Å². The molecule has 18 heavy (non-hydrogen) atoms. The van der Waals surface area contributed by atoms with E-state index in [1.54, 1.807) is 14.2 Å². The molecule has 0 unspecified atom stereocenters. The van der Waals surface area contributed by atoms with Gasteiger partial charge in [-0.3, -0.25) is 4.79 Å². The van der Waals surface area contributed by atoms with E-state index < -0.39 is 0 Å². The third-order valence-electron chi connectivity index (χ3n) is 2.35. The van der Waals surface area contributed by atoms with Gasteiger partial charge in [0, 0.05) is 7.05 Å². The van der Waals surface area contributed by atoms with Gasteiger partial charge >= 0.3 is 0 Å². The molecule has 6 heteroatoms. The first-order valence-corrected chi connectivity index (χ1v) is 5.41. The predicted octanol–water partition coefficient (Wildman–Crippen LogP) is 2.37. The molecule has 6 nitrogen and oxygen atoms in total. The highest BCUT2D eigenvalue weighted by Gasteiger charge is 2.04. The molecule has 1 aromatic carbocycles. The minimum atomic E-state index is 0.0706. The predicted molar refractivity (Wildman–Crippen MR) is 66.8 cm³/mol. The first-order chi connectivity index (χ1) is 8.58. The average molecular weight is 251 g/mol. The molecule has 1 rings (SSSR count). The summed E-state index contributed by atoms with van der Waals surface area (Å²) in [5.41, 5.74) is 2.71. The Balaban J connectivity index is 2.81. The molecule has 0 amide bonds. The molecule has 0 aromatic heterocycles. The number of carbonyl (C=O) groups excluding carboxylic acids is 1. The van der Waals surface area contributed by atoms with Crippen molar-refractivity contribution >= 4 is 12.2 Å². The summed E-state index contributed by atoms with van der Waals surface area (Å²) >= 11 is 0. The average Bonchev–Trinajstić information content (AvgIpc) is 2.36. The normalized spacial score (nSPS) is 10.4. The molecule has 0 aliphatic heterocycles. The zero-order chi connectivity index (χ0) is 13.5. The van der Waals surface area contributed by atoms with Crippen LogP contribution in [-0.4, -0.2) is 32.4 Å². The van der Waals surface area contributed by atoms with Gasteiger partial charge in [0.2, 0.25) is 0 Å². The van der Waals surface area contributed by atoms with Crippen LogP contribution in [0, 0.1) is 13.8 Å². The molecule has 0 atom stereocenters. The summed E-state index contributed by atoms with van der Waals surface area (Å²) in [5.74, 6) is 0.823. The van der Waals surface area contributed by atoms with Crippen molar-refractivity contribution in [1.29, 1.82) is 0 Å². The van der Waals surface area contributed by atoms with Gasteiger partial charge in [0.05, 0.1) is 12.8 Å². The Labute approximate surface area is 106 Å². The first kappa shape index (κ1) is 14.0. The van der Waals surface area contributed by atoms with Gasteiger partial charge in [-0.25, -0.2) is 5.01 Å². The largest absolute Gasteiger partial charge is 0.496 e. The fraction of sp³-hybridized carbons (Fsp3) is 0.417. The van der Waals surface area contributed by atoms with Crippen LogP contribution in [0.15, 0.2) is 22.5 Å². The third-order valence-corrected chi connectivity index (χ3v) is 2.35. The summed E-state index contributed by atoms with van der Waals surface area (Å²) in [4.78, 5) is 10.0. The molecule has 1 aromatic rings. The van der Waals surface area contributed by atoms with Crippen molar-refractivity contribution in [3.05, 3.63) is 23.3 Å². The molecule has 0 saturated carbocycles. The number of benzene rings is 1. The van der Waals surface area contributed by atoms with Crippen molar-refractivity contribution in [2.24, 2.45) is 10.3 Å². The number of carbonyl (C=O) groups is 1. The van der Waals surface area contributed by atoms with Gasteiger partial charge in [0.15, 0.2) is 6.73 Å². The smallest absolute Gasteiger partial charge is 0.294 e. The maximum absolute atomic E-state index is 10.0. The standard InChI is InChI=1S/C12H17N3O3/c1-9-6-12(17-4)10(2)5-11(9)13-14-15(3)7-18-8-16/h5-6,8H,7H2,1-4H3/b14-13+. The van der Waals surface area contributed by atoms with Crippen LogP contribution in [0.3, 0.4) is 0 Å². The second-order valence-electron chi connectivity index (χ2n) is 3.85. The Kier molecular flexibility index (Phi) is 5.10. The minimum Gasteiger partial charge on any atom is -0.496 e. The van der Waals surface area contributed by atoms with Crippen molar-refractivity contribution in [3.8, 4) is 5.75 Å². The molecule has 0 N–H and O–H groups in total. The second kappa shape index (κ2) is 6.58. The van der Waals surface area contributed by atoms with Crippen LogP contribution in [0.4, 0.5) is 5.69 Å². The second-order valence-corrected chi connectivity index (χ2v) is 3.85. The topological polar surface area (TPSA) is 63.5 Å². The van der Waals surface area contributed by atoms with Gasteiger partial charge in [-0.05, 0) is 37.1 Å². The minimum absolute atomic E-state index is 0.0706. The van der Waals surface area contributed by atoms with Gasteiger partial charge in [-0.1, -0.05) is 5.22 Å². The van der Waals surface area contributed by atoms with Crippen LogP contribution in [0.25, 0.3) is 0 Å². The quantitative estimate of drug-likeness (QED) is 0.337. The molecule has 98 valence electrons. The number of hydrogen-bond donors (Lipinski definition) is 0. The summed E-state index contributed by atoms with van der Waals surface area (Å²) in [5, 5.41) is 9.44. The number of nitrogens with zero attached hydrogens (tertiary/aromatic N) is 3. The zero-order valence-electron chi connectivity index (χ0n) is 11.0. The van der Waals surface area contributed by atoms with Gasteiger partial charge < -0.3 is 9.47 Å². The van der Waals surface area contributed by atoms with Crippen molar-refractivity contribution in [3.63, 3.8) is 0 Å². The van der Waals surface area contributed by atoms with Crippen LogP contribution in [0.1, 0.15) is 11.1 Å². The van der Waals surface area contributed by atoms with E-state index in [1.807, 2.05) is 26.0 Å². The highest BCUT2D eigenvalue weighted by Crippen LogP contribution is 2.28. The van der Waals surface area contributed by atoms with Gasteiger partial charge in [-0.2, -0.15) is 0 Å². The lowest BCUT2D eigenvalue weighted by Crippen LogP contribution is -2.13. The van der Waals surface area contributed by atoms with Crippen LogP contribution in [0.2, 0.25) is 0 Å². The first-order valence-electron chi connectivity index (χ1n) is 5.41. The fourth-order valence-electron chi connectivity index (χ4n) is 1.39. The lowest BCUT2D eigenvalue weighted by molar-refractivity contribution is -0.132. The summed E-state index contributed by atoms with van der Waals surface area (Å²) < 4.78 is 9.76. The number of hydrogen-bond acceptors (Lipinski definition) is 5. The lowest BCUT2D eigenvalue weighted by atomic mass is 10.1. The van der Waals surface area contributed by atoms with E-state index in [2.05, 4.69) is 15.1 Å². The molecule has 0 fully saturated rings. The molecule has 0 heterocycles. The van der Waals surface area contributed by atoms with E-state index >= 15 is 0 Å². The monoisotopic (exact) mass is 251 g/mol. The molecule has 0 spiro atoms. The van der Waals surface area contributed by atoms with E-state index in [0.717, 1.165) is 22.6 Å². The number of ether oxygens (including phenoxy) is 2. The SMILES string of the molecule is COc1cc(C)c(/N=N/N(C)COC=O)cc1C.